The summed E-state index contributed by atoms with van der Waals surface area (Å²) in [5.74, 6) is -0.676. The average Bonchev–Trinajstić information content (AvgIpc) is 3.13. The first kappa shape index (κ1) is 20.1. The Morgan fingerprint density at radius 1 is 1.42 bits per heavy atom. The van der Waals surface area contributed by atoms with E-state index in [1.165, 1.54) is 23.5 Å². The minimum Gasteiger partial charge on any atom is -0.385 e. The summed E-state index contributed by atoms with van der Waals surface area (Å²) in [4.78, 5) is 21.8. The number of benzene rings is 1. The van der Waals surface area contributed by atoms with Gasteiger partial charge in [-0.25, -0.2) is 8.42 Å². The molecule has 3 N–H and O–H groups in total. The number of nitro groups is 1. The van der Waals surface area contributed by atoms with Gasteiger partial charge in [0.1, 0.15) is 10.9 Å². The summed E-state index contributed by atoms with van der Waals surface area (Å²) in [5.41, 5.74) is 5.11. The van der Waals surface area contributed by atoms with Crippen LogP contribution in [-0.2, 0) is 19.6 Å². The fraction of sp³-hybridized carbons (Fsp3) is 0.533. The number of hydrogen-bond donors (Lipinski definition) is 2. The maximum Gasteiger partial charge on any atom is 0.270 e. The van der Waals surface area contributed by atoms with Crippen LogP contribution >= 0.6 is 0 Å². The molecule has 0 aliphatic carbocycles. The Morgan fingerprint density at radius 2 is 2.08 bits per heavy atom. The molecule has 0 aromatic heterocycles. The van der Waals surface area contributed by atoms with Crippen LogP contribution in [0.15, 0.2) is 23.1 Å². The molecule has 0 spiro atoms. The van der Waals surface area contributed by atoms with Crippen LogP contribution in [0, 0.1) is 10.1 Å². The molecule has 1 aromatic carbocycles. The average molecular weight is 386 g/mol. The highest BCUT2D eigenvalue weighted by Crippen LogP contribution is 2.31. The number of rotatable bonds is 9. The van der Waals surface area contributed by atoms with Crippen LogP contribution in [0.4, 0.5) is 11.4 Å². The van der Waals surface area contributed by atoms with Gasteiger partial charge in [0.15, 0.2) is 0 Å². The number of non-ortho nitro benzene ring substituents is 1. The van der Waals surface area contributed by atoms with Crippen LogP contribution in [0.25, 0.3) is 0 Å². The van der Waals surface area contributed by atoms with Crippen LogP contribution in [0.5, 0.6) is 0 Å². The predicted octanol–water partition coefficient (Wildman–Crippen LogP) is 0.682. The van der Waals surface area contributed by atoms with Gasteiger partial charge >= 0.3 is 0 Å². The van der Waals surface area contributed by atoms with Gasteiger partial charge in [0.05, 0.1) is 10.6 Å². The molecule has 1 fully saturated rings. The Labute approximate surface area is 151 Å². The minimum absolute atomic E-state index is 0.0994. The number of sulfonamides is 1. The first-order valence-electron chi connectivity index (χ1n) is 8.10. The van der Waals surface area contributed by atoms with Gasteiger partial charge in [0, 0.05) is 38.9 Å². The molecule has 1 saturated heterocycles. The molecule has 0 unspecified atom stereocenters. The molecular weight excluding hydrogens is 364 g/mol. The lowest BCUT2D eigenvalue weighted by atomic mass is 10.2. The summed E-state index contributed by atoms with van der Waals surface area (Å²) in [7, 11) is -2.47. The molecule has 1 atom stereocenters. The monoisotopic (exact) mass is 386 g/mol. The van der Waals surface area contributed by atoms with Gasteiger partial charge in [-0.15, -0.1) is 0 Å². The molecule has 0 saturated carbocycles. The Morgan fingerprint density at radius 3 is 2.62 bits per heavy atom. The number of nitro benzene ring substituents is 1. The van der Waals surface area contributed by atoms with E-state index in [4.69, 9.17) is 10.5 Å². The third-order valence-corrected chi connectivity index (χ3v) is 6.08. The van der Waals surface area contributed by atoms with Crippen molar-refractivity contribution in [1.29, 1.82) is 0 Å². The zero-order valence-electron chi connectivity index (χ0n) is 14.4. The van der Waals surface area contributed by atoms with Crippen LogP contribution in [0.2, 0.25) is 0 Å². The Hall–Kier alpha value is -2.24. The zero-order valence-corrected chi connectivity index (χ0v) is 15.2. The summed E-state index contributed by atoms with van der Waals surface area (Å²) < 4.78 is 32.0. The maximum absolute atomic E-state index is 12.9. The van der Waals surface area contributed by atoms with E-state index in [0.29, 0.717) is 13.1 Å². The second kappa shape index (κ2) is 8.43. The molecule has 1 aromatic rings. The van der Waals surface area contributed by atoms with Crippen LogP contribution < -0.4 is 11.1 Å². The molecule has 1 aliphatic heterocycles. The van der Waals surface area contributed by atoms with E-state index in [9.17, 15) is 23.3 Å². The van der Waals surface area contributed by atoms with Crippen LogP contribution in [0.1, 0.15) is 19.3 Å². The van der Waals surface area contributed by atoms with E-state index in [2.05, 4.69) is 5.32 Å². The van der Waals surface area contributed by atoms with Crippen LogP contribution in [0.3, 0.4) is 0 Å². The van der Waals surface area contributed by atoms with Gasteiger partial charge in [-0.2, -0.15) is 4.31 Å². The number of carbonyl (C=O) groups excluding carboxylic acids is 1. The normalized spacial score (nSPS) is 16.3. The van der Waals surface area contributed by atoms with E-state index in [1.54, 1.807) is 0 Å². The molecule has 10 nitrogen and oxygen atoms in total. The first-order valence-corrected chi connectivity index (χ1v) is 9.54. The highest BCUT2D eigenvalue weighted by atomic mass is 32.2. The summed E-state index contributed by atoms with van der Waals surface area (Å²) in [6, 6.07) is 2.59. The minimum atomic E-state index is -3.93. The summed E-state index contributed by atoms with van der Waals surface area (Å²) in [5, 5.41) is 13.9. The number of amides is 1. The fourth-order valence-electron chi connectivity index (χ4n) is 2.73. The Bertz CT molecular complexity index is 776. The molecule has 1 amide bonds. The lowest BCUT2D eigenvalue weighted by molar-refractivity contribution is -0.385. The summed E-state index contributed by atoms with van der Waals surface area (Å²) in [6.45, 7) is 0.947. The molecule has 26 heavy (non-hydrogen) atoms. The van der Waals surface area contributed by atoms with E-state index >= 15 is 0 Å². The molecular formula is C15H22N4O6S. The van der Waals surface area contributed by atoms with Gasteiger partial charge in [-0.1, -0.05) is 0 Å². The topological polar surface area (TPSA) is 145 Å². The standard InChI is InChI=1S/C15H22N4O6S/c1-25-9-6-13(15(16)20)17-12-5-4-11(19(21)22)10-14(12)26(23,24)18-7-2-3-8-18/h4-5,10,13,17H,2-3,6-9H2,1H3,(H2,16,20)/t13-/m1/s1. The van der Waals surface area contributed by atoms with Crippen molar-refractivity contribution in [2.75, 3.05) is 32.1 Å². The molecule has 144 valence electrons. The van der Waals surface area contributed by atoms with Gasteiger partial charge < -0.3 is 15.8 Å². The summed E-state index contributed by atoms with van der Waals surface area (Å²) in [6.07, 6.45) is 1.69. The molecule has 11 heteroatoms. The van der Waals surface area contributed by atoms with E-state index < -0.39 is 26.9 Å². The lowest BCUT2D eigenvalue weighted by Crippen LogP contribution is -2.37. The second-order valence-electron chi connectivity index (χ2n) is 5.93. The third-order valence-electron chi connectivity index (χ3n) is 4.14. The van der Waals surface area contributed by atoms with E-state index in [-0.39, 0.29) is 29.3 Å². The Kier molecular flexibility index (Phi) is 6.51. The quantitative estimate of drug-likeness (QED) is 0.469. The Balaban J connectivity index is 2.44. The van der Waals surface area contributed by atoms with Crippen molar-refractivity contribution in [3.8, 4) is 0 Å². The number of hydrogen-bond acceptors (Lipinski definition) is 7. The third kappa shape index (κ3) is 4.48. The largest absolute Gasteiger partial charge is 0.385 e. The number of ether oxygens (including phenoxy) is 1. The first-order chi connectivity index (χ1) is 12.3. The van der Waals surface area contributed by atoms with E-state index in [1.807, 2.05) is 0 Å². The zero-order chi connectivity index (χ0) is 19.3. The van der Waals surface area contributed by atoms with Crippen molar-refractivity contribution in [2.24, 2.45) is 5.73 Å². The molecule has 1 aliphatic rings. The summed E-state index contributed by atoms with van der Waals surface area (Å²) >= 11 is 0. The number of nitrogens with one attached hydrogen (secondary N) is 1. The van der Waals surface area contributed by atoms with Gasteiger partial charge in [0.25, 0.3) is 5.69 Å². The number of anilines is 1. The highest BCUT2D eigenvalue weighted by Gasteiger charge is 2.32. The lowest BCUT2D eigenvalue weighted by Gasteiger charge is -2.21. The van der Waals surface area contributed by atoms with Crippen molar-refractivity contribution >= 4 is 27.3 Å². The fourth-order valence-corrected chi connectivity index (χ4v) is 4.43. The molecule has 1 heterocycles. The van der Waals surface area contributed by atoms with E-state index in [0.717, 1.165) is 18.9 Å². The number of primary amides is 1. The van der Waals surface area contributed by atoms with Crippen molar-refractivity contribution < 1.29 is 22.9 Å². The molecule has 2 rings (SSSR count). The predicted molar refractivity (Wildman–Crippen MR) is 94.2 cm³/mol. The highest BCUT2D eigenvalue weighted by molar-refractivity contribution is 7.89. The second-order valence-corrected chi connectivity index (χ2v) is 7.84. The smallest absolute Gasteiger partial charge is 0.270 e. The molecule has 0 bridgehead atoms. The number of nitrogens with two attached hydrogens (primary N) is 1. The van der Waals surface area contributed by atoms with Crippen LogP contribution in [-0.4, -0.2) is 56.4 Å². The van der Waals surface area contributed by atoms with Gasteiger partial charge in [0.2, 0.25) is 15.9 Å². The van der Waals surface area contributed by atoms with Crippen molar-refractivity contribution in [3.05, 3.63) is 28.3 Å². The maximum atomic E-state index is 12.9. The number of nitrogens with zero attached hydrogens (tertiary/aromatic N) is 2. The number of methoxy groups -OCH3 is 1. The van der Waals surface area contributed by atoms with Crippen molar-refractivity contribution in [2.45, 2.75) is 30.2 Å². The van der Waals surface area contributed by atoms with Crippen molar-refractivity contribution in [3.63, 3.8) is 0 Å². The van der Waals surface area contributed by atoms with Gasteiger partial charge in [-0.05, 0) is 25.3 Å². The van der Waals surface area contributed by atoms with Gasteiger partial charge in [-0.3, -0.25) is 14.9 Å². The van der Waals surface area contributed by atoms with Crippen molar-refractivity contribution in [1.82, 2.24) is 4.31 Å². The number of carbonyl (C=O) groups is 1. The SMILES string of the molecule is COCC[C@@H](Nc1ccc([N+](=O)[O-])cc1S(=O)(=O)N1CCCC1)C(N)=O. The molecule has 0 radical (unpaired) electrons.